The van der Waals surface area contributed by atoms with Crippen LogP contribution in [0.4, 0.5) is 0 Å². The van der Waals surface area contributed by atoms with E-state index in [4.69, 9.17) is 0 Å². The van der Waals surface area contributed by atoms with E-state index in [0.29, 0.717) is 42.8 Å². The van der Waals surface area contributed by atoms with Crippen molar-refractivity contribution in [3.8, 4) is 0 Å². The lowest BCUT2D eigenvalue weighted by molar-refractivity contribution is -0.140. The number of carbonyl (C=O) groups excluding carboxylic acids is 1. The summed E-state index contributed by atoms with van der Waals surface area (Å²) in [6.45, 7) is 8.05. The summed E-state index contributed by atoms with van der Waals surface area (Å²) in [5, 5.41) is 0. The number of amides is 1. The number of carbonyl (C=O) groups is 1. The van der Waals surface area contributed by atoms with Gasteiger partial charge in [0.15, 0.2) is 0 Å². The highest BCUT2D eigenvalue weighted by Gasteiger charge is 2.36. The van der Waals surface area contributed by atoms with Gasteiger partial charge in [0.1, 0.15) is 0 Å². The smallest absolute Gasteiger partial charge is 0.243 e. The lowest BCUT2D eigenvalue weighted by Crippen LogP contribution is -2.49. The fourth-order valence-corrected chi connectivity index (χ4v) is 5.94. The molecule has 3 rings (SSSR count). The quantitative estimate of drug-likeness (QED) is 0.743. The van der Waals surface area contributed by atoms with Gasteiger partial charge in [0.25, 0.3) is 0 Å². The minimum Gasteiger partial charge on any atom is -0.339 e. The first-order valence-electron chi connectivity index (χ1n) is 10.7. The Morgan fingerprint density at radius 2 is 1.68 bits per heavy atom. The van der Waals surface area contributed by atoms with E-state index in [2.05, 4.69) is 25.7 Å². The molecule has 1 aromatic carbocycles. The van der Waals surface area contributed by atoms with E-state index in [0.717, 1.165) is 31.4 Å². The van der Waals surface area contributed by atoms with E-state index >= 15 is 0 Å². The molecule has 2 fully saturated rings. The fourth-order valence-electron chi connectivity index (χ4n) is 4.47. The van der Waals surface area contributed by atoms with Crippen molar-refractivity contribution in [2.24, 2.45) is 5.92 Å². The van der Waals surface area contributed by atoms with Crippen molar-refractivity contribution in [2.75, 3.05) is 19.6 Å². The van der Waals surface area contributed by atoms with Gasteiger partial charge in [-0.15, -0.1) is 0 Å². The second-order valence-corrected chi connectivity index (χ2v) is 10.4. The van der Waals surface area contributed by atoms with Crippen LogP contribution in [0.5, 0.6) is 0 Å². The van der Waals surface area contributed by atoms with E-state index in [1.165, 1.54) is 6.42 Å². The zero-order valence-electron chi connectivity index (χ0n) is 17.4. The van der Waals surface area contributed by atoms with Crippen molar-refractivity contribution < 1.29 is 13.2 Å². The van der Waals surface area contributed by atoms with Gasteiger partial charge >= 0.3 is 0 Å². The number of benzene rings is 1. The number of nitrogens with zero attached hydrogens (tertiary/aromatic N) is 2. The minimum absolute atomic E-state index is 0.0399. The lowest BCUT2D eigenvalue weighted by atomic mass is 9.92. The van der Waals surface area contributed by atoms with Gasteiger partial charge in [-0.3, -0.25) is 4.79 Å². The van der Waals surface area contributed by atoms with Crippen molar-refractivity contribution in [3.05, 3.63) is 29.8 Å². The van der Waals surface area contributed by atoms with Crippen LogP contribution in [0.25, 0.3) is 0 Å². The molecule has 0 spiro atoms. The van der Waals surface area contributed by atoms with Crippen LogP contribution in [0.15, 0.2) is 29.2 Å². The molecule has 1 atom stereocenters. The van der Waals surface area contributed by atoms with Crippen LogP contribution in [-0.4, -0.2) is 49.2 Å². The molecule has 1 amide bonds. The molecule has 156 valence electrons. The molecule has 2 saturated heterocycles. The molecule has 0 radical (unpaired) electrons. The summed E-state index contributed by atoms with van der Waals surface area (Å²) in [5.74, 6) is 0.576. The maximum absolute atomic E-state index is 13.0. The average molecular weight is 407 g/mol. The summed E-state index contributed by atoms with van der Waals surface area (Å²) in [4.78, 5) is 15.4. The largest absolute Gasteiger partial charge is 0.339 e. The maximum atomic E-state index is 13.0. The number of hydrogen-bond acceptors (Lipinski definition) is 3. The number of rotatable bonds is 5. The molecule has 0 bridgehead atoms. The summed E-state index contributed by atoms with van der Waals surface area (Å²) in [6.07, 6.45) is 5.63. The van der Waals surface area contributed by atoms with Gasteiger partial charge in [0.05, 0.1) is 4.90 Å². The first-order valence-corrected chi connectivity index (χ1v) is 12.2. The Kier molecular flexibility index (Phi) is 6.81. The zero-order chi connectivity index (χ0) is 20.3. The molecule has 2 heterocycles. The number of likely N-dealkylation sites (tertiary alicyclic amines) is 1. The van der Waals surface area contributed by atoms with Crippen LogP contribution >= 0.6 is 0 Å². The van der Waals surface area contributed by atoms with Crippen molar-refractivity contribution in [1.82, 2.24) is 9.21 Å². The molecule has 2 aliphatic heterocycles. The topological polar surface area (TPSA) is 57.7 Å². The van der Waals surface area contributed by atoms with Crippen molar-refractivity contribution in [3.63, 3.8) is 0 Å². The summed E-state index contributed by atoms with van der Waals surface area (Å²) in [6, 6.07) is 7.58. The Labute approximate surface area is 170 Å². The highest BCUT2D eigenvalue weighted by molar-refractivity contribution is 7.89. The molecular weight excluding hydrogens is 372 g/mol. The molecule has 0 saturated carbocycles. The summed E-state index contributed by atoms with van der Waals surface area (Å²) in [5.41, 5.74) is 1.13. The van der Waals surface area contributed by atoms with Crippen molar-refractivity contribution in [2.45, 2.75) is 76.2 Å². The molecule has 1 unspecified atom stereocenters. The van der Waals surface area contributed by atoms with Crippen LogP contribution in [-0.2, 0) is 14.8 Å². The van der Waals surface area contributed by atoms with Crippen molar-refractivity contribution in [1.29, 1.82) is 0 Å². The van der Waals surface area contributed by atoms with E-state index < -0.39 is 10.0 Å². The second kappa shape index (κ2) is 8.95. The Balaban J connectivity index is 1.63. The van der Waals surface area contributed by atoms with Gasteiger partial charge in [-0.2, -0.15) is 4.31 Å². The number of piperidine rings is 2. The molecule has 2 aliphatic rings. The van der Waals surface area contributed by atoms with Gasteiger partial charge in [0, 0.05) is 31.6 Å². The van der Waals surface area contributed by atoms with Gasteiger partial charge in [-0.25, -0.2) is 8.42 Å². The van der Waals surface area contributed by atoms with Crippen LogP contribution in [0.3, 0.4) is 0 Å². The van der Waals surface area contributed by atoms with E-state index in [-0.39, 0.29) is 11.8 Å². The molecule has 0 aromatic heterocycles. The Hall–Kier alpha value is -1.40. The normalized spacial score (nSPS) is 22.6. The standard InChI is InChI=1S/C22H34N2O3S/c1-4-20-7-5-6-14-24(20)22(25)19-12-15-23(16-13-19)28(26,27)21-10-8-18(9-11-21)17(2)3/h8-11,17,19-20H,4-7,12-16H2,1-3H3. The molecule has 28 heavy (non-hydrogen) atoms. The second-order valence-electron chi connectivity index (χ2n) is 8.49. The van der Waals surface area contributed by atoms with Crippen molar-refractivity contribution >= 4 is 15.9 Å². The molecule has 6 heteroatoms. The third-order valence-electron chi connectivity index (χ3n) is 6.37. The Morgan fingerprint density at radius 3 is 2.25 bits per heavy atom. The Morgan fingerprint density at radius 1 is 1.04 bits per heavy atom. The monoisotopic (exact) mass is 406 g/mol. The van der Waals surface area contributed by atoms with E-state index in [9.17, 15) is 13.2 Å². The molecular formula is C22H34N2O3S. The minimum atomic E-state index is -3.49. The van der Waals surface area contributed by atoms with Gasteiger partial charge in [0.2, 0.25) is 15.9 Å². The fraction of sp³-hybridized carbons (Fsp3) is 0.682. The SMILES string of the molecule is CCC1CCCCN1C(=O)C1CCN(S(=O)(=O)c2ccc(C(C)C)cc2)CC1. The molecule has 0 aliphatic carbocycles. The predicted octanol–water partition coefficient (Wildman–Crippen LogP) is 4.00. The first-order chi connectivity index (χ1) is 13.3. The maximum Gasteiger partial charge on any atom is 0.243 e. The first kappa shape index (κ1) is 21.3. The van der Waals surface area contributed by atoms with E-state index in [1.54, 1.807) is 16.4 Å². The predicted molar refractivity (Wildman–Crippen MR) is 112 cm³/mol. The molecule has 5 nitrogen and oxygen atoms in total. The van der Waals surface area contributed by atoms with Gasteiger partial charge in [-0.1, -0.05) is 32.9 Å². The van der Waals surface area contributed by atoms with E-state index in [1.807, 2.05) is 12.1 Å². The van der Waals surface area contributed by atoms with Crippen LogP contribution in [0.1, 0.15) is 70.8 Å². The van der Waals surface area contributed by atoms with Crippen LogP contribution in [0, 0.1) is 5.92 Å². The van der Waals surface area contributed by atoms with Crippen LogP contribution < -0.4 is 0 Å². The lowest BCUT2D eigenvalue weighted by Gasteiger charge is -2.39. The highest BCUT2D eigenvalue weighted by atomic mass is 32.2. The molecule has 0 N–H and O–H groups in total. The summed E-state index contributed by atoms with van der Waals surface area (Å²) in [7, 11) is -3.49. The number of hydrogen-bond donors (Lipinski definition) is 0. The third kappa shape index (κ3) is 4.43. The highest BCUT2D eigenvalue weighted by Crippen LogP contribution is 2.29. The Bertz CT molecular complexity index is 765. The average Bonchev–Trinajstić information content (AvgIpc) is 2.73. The zero-order valence-corrected chi connectivity index (χ0v) is 18.2. The number of sulfonamides is 1. The van der Waals surface area contributed by atoms with Gasteiger partial charge in [-0.05, 0) is 62.1 Å². The summed E-state index contributed by atoms with van der Waals surface area (Å²) >= 11 is 0. The van der Waals surface area contributed by atoms with Crippen LogP contribution in [0.2, 0.25) is 0 Å². The molecule has 1 aromatic rings. The summed E-state index contributed by atoms with van der Waals surface area (Å²) < 4.78 is 27.5. The third-order valence-corrected chi connectivity index (χ3v) is 8.28. The van der Waals surface area contributed by atoms with Gasteiger partial charge < -0.3 is 4.90 Å².